The van der Waals surface area contributed by atoms with Gasteiger partial charge >= 0.3 is 6.16 Å². The Bertz CT molecular complexity index is 622. The van der Waals surface area contributed by atoms with Crippen LogP contribution in [-0.4, -0.2) is 11.3 Å². The number of benzene rings is 2. The maximum atomic E-state index is 10.6. The van der Waals surface area contributed by atoms with Crippen molar-refractivity contribution in [1.29, 1.82) is 0 Å². The van der Waals surface area contributed by atoms with Crippen LogP contribution in [0.4, 0.5) is 4.79 Å². The first kappa shape index (κ1) is 15.1. The van der Waals surface area contributed by atoms with E-state index in [0.717, 1.165) is 16.7 Å². The Morgan fingerprint density at radius 1 is 1.05 bits per heavy atom. The Hall–Kier alpha value is -2.29. The fourth-order valence-electron chi connectivity index (χ4n) is 2.22. The molecule has 0 radical (unpaired) electrons. The molecule has 0 aliphatic carbocycles. The van der Waals surface area contributed by atoms with Gasteiger partial charge in [0, 0.05) is 0 Å². The van der Waals surface area contributed by atoms with Crippen LogP contribution < -0.4 is 0 Å². The topological polar surface area (TPSA) is 46.5 Å². The van der Waals surface area contributed by atoms with Crippen molar-refractivity contribution in [3.05, 3.63) is 59.7 Å². The van der Waals surface area contributed by atoms with Crippen molar-refractivity contribution in [3.63, 3.8) is 0 Å². The van der Waals surface area contributed by atoms with Gasteiger partial charge in [0.05, 0.1) is 0 Å². The molecule has 3 heteroatoms. The van der Waals surface area contributed by atoms with E-state index in [1.165, 1.54) is 5.56 Å². The molecule has 0 atom stereocenters. The SMILES string of the molecule is CC(C)(C)c1ccc(-c2ccccc2COC(=O)O)cc1. The summed E-state index contributed by atoms with van der Waals surface area (Å²) in [6.45, 7) is 6.59. The zero-order valence-electron chi connectivity index (χ0n) is 12.6. The molecule has 1 N–H and O–H groups in total. The Morgan fingerprint density at radius 2 is 1.67 bits per heavy atom. The minimum Gasteiger partial charge on any atom is -0.450 e. The molecule has 0 amide bonds. The zero-order valence-corrected chi connectivity index (χ0v) is 12.6. The predicted octanol–water partition coefficient (Wildman–Crippen LogP) is 4.85. The first-order chi connectivity index (χ1) is 9.88. The van der Waals surface area contributed by atoms with Crippen molar-refractivity contribution in [1.82, 2.24) is 0 Å². The van der Waals surface area contributed by atoms with Gasteiger partial charge in [-0.15, -0.1) is 0 Å². The summed E-state index contributed by atoms with van der Waals surface area (Å²) < 4.78 is 4.68. The third-order valence-corrected chi connectivity index (χ3v) is 3.43. The zero-order chi connectivity index (χ0) is 15.5. The molecule has 2 rings (SSSR count). The van der Waals surface area contributed by atoms with Crippen LogP contribution in [0.5, 0.6) is 0 Å². The summed E-state index contributed by atoms with van der Waals surface area (Å²) in [5, 5.41) is 8.64. The summed E-state index contributed by atoms with van der Waals surface area (Å²) in [7, 11) is 0. The molecule has 110 valence electrons. The van der Waals surface area contributed by atoms with Crippen LogP contribution in [0.1, 0.15) is 31.9 Å². The van der Waals surface area contributed by atoms with Gasteiger partial charge in [0.2, 0.25) is 0 Å². The molecule has 0 unspecified atom stereocenters. The van der Waals surface area contributed by atoms with Crippen molar-refractivity contribution in [3.8, 4) is 11.1 Å². The molecule has 3 nitrogen and oxygen atoms in total. The average Bonchev–Trinajstić information content (AvgIpc) is 2.44. The van der Waals surface area contributed by atoms with E-state index in [1.807, 2.05) is 24.3 Å². The van der Waals surface area contributed by atoms with Crippen molar-refractivity contribution in [2.24, 2.45) is 0 Å². The third kappa shape index (κ3) is 3.85. The predicted molar refractivity (Wildman–Crippen MR) is 83.4 cm³/mol. The van der Waals surface area contributed by atoms with Gasteiger partial charge in [0.25, 0.3) is 0 Å². The monoisotopic (exact) mass is 284 g/mol. The molecule has 0 spiro atoms. The Kier molecular flexibility index (Phi) is 4.32. The van der Waals surface area contributed by atoms with E-state index < -0.39 is 6.16 Å². The third-order valence-electron chi connectivity index (χ3n) is 3.43. The van der Waals surface area contributed by atoms with Gasteiger partial charge in [-0.1, -0.05) is 69.3 Å². The van der Waals surface area contributed by atoms with Crippen LogP contribution in [-0.2, 0) is 16.8 Å². The molecule has 0 heterocycles. The molecule has 0 aliphatic rings. The first-order valence-corrected chi connectivity index (χ1v) is 6.92. The fraction of sp³-hybridized carbons (Fsp3) is 0.278. The molecule has 0 aromatic heterocycles. The number of rotatable bonds is 3. The van der Waals surface area contributed by atoms with Crippen LogP contribution in [0, 0.1) is 0 Å². The highest BCUT2D eigenvalue weighted by Gasteiger charge is 2.14. The van der Waals surface area contributed by atoms with Gasteiger partial charge in [-0.05, 0) is 27.7 Å². The quantitative estimate of drug-likeness (QED) is 0.820. The second kappa shape index (κ2) is 6.00. The fourth-order valence-corrected chi connectivity index (χ4v) is 2.22. The number of carbonyl (C=O) groups is 1. The lowest BCUT2D eigenvalue weighted by molar-refractivity contribution is 0.0855. The standard InChI is InChI=1S/C18H20O3/c1-18(2,3)15-10-8-13(9-11-15)16-7-5-4-6-14(16)12-21-17(19)20/h4-11H,12H2,1-3H3,(H,19,20). The summed E-state index contributed by atoms with van der Waals surface area (Å²) >= 11 is 0. The maximum absolute atomic E-state index is 10.6. The summed E-state index contributed by atoms with van der Waals surface area (Å²) in [5.41, 5.74) is 4.31. The highest BCUT2D eigenvalue weighted by Crippen LogP contribution is 2.28. The smallest absolute Gasteiger partial charge is 0.450 e. The number of carboxylic acid groups (broad SMARTS) is 1. The highest BCUT2D eigenvalue weighted by molar-refractivity contribution is 5.68. The molecule has 21 heavy (non-hydrogen) atoms. The van der Waals surface area contributed by atoms with Gasteiger partial charge in [-0.3, -0.25) is 0 Å². The Labute approximate surface area is 125 Å². The number of hydrogen-bond acceptors (Lipinski definition) is 2. The van der Waals surface area contributed by atoms with Crippen molar-refractivity contribution >= 4 is 6.16 Å². The second-order valence-electron chi connectivity index (χ2n) is 6.04. The molecule has 0 saturated heterocycles. The lowest BCUT2D eigenvalue weighted by atomic mass is 9.86. The Balaban J connectivity index is 2.31. The van der Waals surface area contributed by atoms with Crippen LogP contribution in [0.15, 0.2) is 48.5 Å². The number of ether oxygens (including phenoxy) is 1. The summed E-state index contributed by atoms with van der Waals surface area (Å²) in [6.07, 6.45) is -1.26. The molecular formula is C18H20O3. The van der Waals surface area contributed by atoms with Crippen molar-refractivity contribution in [2.75, 3.05) is 0 Å². The number of hydrogen-bond donors (Lipinski definition) is 1. The van der Waals surface area contributed by atoms with Gasteiger partial charge in [-0.2, -0.15) is 0 Å². The van der Waals surface area contributed by atoms with Crippen LogP contribution in [0.2, 0.25) is 0 Å². The van der Waals surface area contributed by atoms with Crippen LogP contribution in [0.3, 0.4) is 0 Å². The van der Waals surface area contributed by atoms with Crippen molar-refractivity contribution < 1.29 is 14.6 Å². The second-order valence-corrected chi connectivity index (χ2v) is 6.04. The van der Waals surface area contributed by atoms with E-state index >= 15 is 0 Å². The molecule has 2 aromatic carbocycles. The van der Waals surface area contributed by atoms with E-state index in [9.17, 15) is 4.79 Å². The lowest BCUT2D eigenvalue weighted by Gasteiger charge is -2.19. The highest BCUT2D eigenvalue weighted by atomic mass is 16.7. The maximum Gasteiger partial charge on any atom is 0.506 e. The largest absolute Gasteiger partial charge is 0.506 e. The first-order valence-electron chi connectivity index (χ1n) is 6.92. The van der Waals surface area contributed by atoms with Gasteiger partial charge in [0.1, 0.15) is 6.61 Å². The minimum absolute atomic E-state index is 0.0620. The molecule has 2 aromatic rings. The molecule has 0 fully saturated rings. The normalized spacial score (nSPS) is 11.2. The van der Waals surface area contributed by atoms with E-state index in [0.29, 0.717) is 0 Å². The van der Waals surface area contributed by atoms with Crippen LogP contribution in [0.25, 0.3) is 11.1 Å². The van der Waals surface area contributed by atoms with Crippen molar-refractivity contribution in [2.45, 2.75) is 32.8 Å². The minimum atomic E-state index is -1.26. The van der Waals surface area contributed by atoms with E-state index in [1.54, 1.807) is 0 Å². The summed E-state index contributed by atoms with van der Waals surface area (Å²) in [4.78, 5) is 10.6. The summed E-state index contributed by atoms with van der Waals surface area (Å²) in [5.74, 6) is 0. The van der Waals surface area contributed by atoms with Gasteiger partial charge in [-0.25, -0.2) is 4.79 Å². The molecule has 0 aliphatic heterocycles. The summed E-state index contributed by atoms with van der Waals surface area (Å²) in [6, 6.07) is 16.1. The average molecular weight is 284 g/mol. The molecular weight excluding hydrogens is 264 g/mol. The molecule has 0 bridgehead atoms. The molecule has 0 saturated carbocycles. The van der Waals surface area contributed by atoms with Gasteiger partial charge < -0.3 is 9.84 Å². The lowest BCUT2D eigenvalue weighted by Crippen LogP contribution is -2.10. The Morgan fingerprint density at radius 3 is 2.24 bits per heavy atom. The van der Waals surface area contributed by atoms with Gasteiger partial charge in [0.15, 0.2) is 0 Å². The van der Waals surface area contributed by atoms with E-state index in [2.05, 4.69) is 49.8 Å². The van der Waals surface area contributed by atoms with Crippen LogP contribution >= 0.6 is 0 Å². The van der Waals surface area contributed by atoms with E-state index in [4.69, 9.17) is 5.11 Å². The van der Waals surface area contributed by atoms with E-state index in [-0.39, 0.29) is 12.0 Å².